The van der Waals surface area contributed by atoms with Crippen molar-refractivity contribution in [1.82, 2.24) is 20.3 Å². The van der Waals surface area contributed by atoms with Gasteiger partial charge in [0.25, 0.3) is 0 Å². The summed E-state index contributed by atoms with van der Waals surface area (Å²) in [6.45, 7) is 1.92. The first kappa shape index (κ1) is 24.7. The van der Waals surface area contributed by atoms with Gasteiger partial charge in [-0.2, -0.15) is 0 Å². The number of carbonyl (C=O) groups excluding carboxylic acids is 1. The number of amides is 1. The molecular weight excluding hydrogens is 492 g/mol. The number of ether oxygens (including phenoxy) is 2. The van der Waals surface area contributed by atoms with Gasteiger partial charge in [0.2, 0.25) is 5.91 Å². The summed E-state index contributed by atoms with van der Waals surface area (Å²) < 4.78 is 11.4. The quantitative estimate of drug-likeness (QED) is 0.300. The van der Waals surface area contributed by atoms with Crippen molar-refractivity contribution in [1.29, 1.82) is 0 Å². The van der Waals surface area contributed by atoms with Gasteiger partial charge in [-0.1, -0.05) is 17.7 Å². The molecule has 0 aliphatic carbocycles. The van der Waals surface area contributed by atoms with Gasteiger partial charge in [-0.05, 0) is 55.8 Å². The van der Waals surface area contributed by atoms with E-state index in [2.05, 4.69) is 30.9 Å². The number of benzene rings is 2. The zero-order chi connectivity index (χ0) is 25.6. The van der Waals surface area contributed by atoms with Crippen LogP contribution in [0.3, 0.4) is 0 Å². The number of anilines is 3. The van der Waals surface area contributed by atoms with Crippen molar-refractivity contribution in [3.8, 4) is 11.5 Å². The lowest BCUT2D eigenvalue weighted by Gasteiger charge is -2.22. The van der Waals surface area contributed by atoms with E-state index in [1.165, 1.54) is 6.33 Å². The highest BCUT2D eigenvalue weighted by Gasteiger charge is 2.22. The standard InChI is InChI=1S/C27H27ClN6O3/c1-36-25-13-22-20(12-23(25)34-27(35)17-5-4-9-29-14-17)26(32-16-31-22)33-18-7-8-24(21(28)11-18)37-15-19-6-2-3-10-30-19/h2-3,6-8,10-13,16-17,29H,4-5,9,14-15H2,1H3,(H,34,35)(H,31,32,33)/t17-/m0/s1. The van der Waals surface area contributed by atoms with Crippen molar-refractivity contribution >= 4 is 45.6 Å². The molecule has 0 bridgehead atoms. The Bertz CT molecular complexity index is 1400. The minimum Gasteiger partial charge on any atom is -0.494 e. The van der Waals surface area contributed by atoms with Gasteiger partial charge >= 0.3 is 0 Å². The average Bonchev–Trinajstić information content (AvgIpc) is 2.93. The molecule has 1 atom stereocenters. The lowest BCUT2D eigenvalue weighted by Crippen LogP contribution is -2.37. The molecule has 0 unspecified atom stereocenters. The van der Waals surface area contributed by atoms with Crippen LogP contribution < -0.4 is 25.4 Å². The van der Waals surface area contributed by atoms with Crippen LogP contribution in [0.4, 0.5) is 17.2 Å². The highest BCUT2D eigenvalue weighted by Crippen LogP contribution is 2.35. The normalized spacial score (nSPS) is 15.2. The van der Waals surface area contributed by atoms with Gasteiger partial charge in [-0.25, -0.2) is 9.97 Å². The molecule has 4 aromatic rings. The van der Waals surface area contributed by atoms with Crippen LogP contribution in [-0.4, -0.2) is 41.1 Å². The zero-order valence-corrected chi connectivity index (χ0v) is 21.1. The number of piperidine rings is 1. The molecule has 1 aliphatic heterocycles. The van der Waals surface area contributed by atoms with Crippen LogP contribution in [0.2, 0.25) is 5.02 Å². The van der Waals surface area contributed by atoms with Crippen molar-refractivity contribution in [2.24, 2.45) is 5.92 Å². The number of halogens is 1. The fourth-order valence-electron chi connectivity index (χ4n) is 4.23. The summed E-state index contributed by atoms with van der Waals surface area (Å²) in [4.78, 5) is 25.9. The third-order valence-corrected chi connectivity index (χ3v) is 6.47. The molecule has 2 aromatic heterocycles. The Morgan fingerprint density at radius 1 is 1.14 bits per heavy atom. The molecular formula is C27H27ClN6O3. The first-order valence-electron chi connectivity index (χ1n) is 12.0. The van der Waals surface area contributed by atoms with E-state index in [1.807, 2.05) is 30.3 Å². The molecule has 1 aliphatic rings. The average molecular weight is 519 g/mol. The number of hydrogen-bond acceptors (Lipinski definition) is 8. The van der Waals surface area contributed by atoms with Crippen molar-refractivity contribution in [2.75, 3.05) is 30.8 Å². The third kappa shape index (κ3) is 5.90. The fourth-order valence-corrected chi connectivity index (χ4v) is 4.46. The van der Waals surface area contributed by atoms with Gasteiger partial charge in [0.1, 0.15) is 30.3 Å². The molecule has 3 N–H and O–H groups in total. The van der Waals surface area contributed by atoms with Gasteiger partial charge in [-0.3, -0.25) is 9.78 Å². The van der Waals surface area contributed by atoms with Crippen LogP contribution in [0.1, 0.15) is 18.5 Å². The Kier molecular flexibility index (Phi) is 7.62. The molecule has 1 amide bonds. The molecule has 5 rings (SSSR count). The number of rotatable bonds is 8. The predicted molar refractivity (Wildman–Crippen MR) is 144 cm³/mol. The second kappa shape index (κ2) is 11.4. The molecule has 190 valence electrons. The summed E-state index contributed by atoms with van der Waals surface area (Å²) in [5, 5.41) is 10.8. The Labute approximate surface area is 219 Å². The summed E-state index contributed by atoms with van der Waals surface area (Å²) >= 11 is 6.49. The molecule has 9 nitrogen and oxygen atoms in total. The highest BCUT2D eigenvalue weighted by molar-refractivity contribution is 6.32. The van der Waals surface area contributed by atoms with Gasteiger partial charge in [0.05, 0.1) is 34.9 Å². The van der Waals surface area contributed by atoms with Crippen LogP contribution in [0.25, 0.3) is 10.9 Å². The number of hydrogen-bond donors (Lipinski definition) is 3. The Hall–Kier alpha value is -3.95. The Balaban J connectivity index is 1.36. The van der Waals surface area contributed by atoms with E-state index >= 15 is 0 Å². The predicted octanol–water partition coefficient (Wildman–Crippen LogP) is 4.95. The minimum absolute atomic E-state index is 0.0377. The Morgan fingerprint density at radius 3 is 2.81 bits per heavy atom. The summed E-state index contributed by atoms with van der Waals surface area (Å²) in [5.41, 5.74) is 2.78. The molecule has 0 saturated carbocycles. The third-order valence-electron chi connectivity index (χ3n) is 6.18. The van der Waals surface area contributed by atoms with E-state index in [0.29, 0.717) is 46.7 Å². The molecule has 2 aromatic carbocycles. The molecule has 3 heterocycles. The van der Waals surface area contributed by atoms with Crippen molar-refractivity contribution in [3.05, 3.63) is 71.8 Å². The van der Waals surface area contributed by atoms with Gasteiger partial charge in [-0.15, -0.1) is 0 Å². The number of pyridine rings is 1. The van der Waals surface area contributed by atoms with Crippen molar-refractivity contribution < 1.29 is 14.3 Å². The van der Waals surface area contributed by atoms with Crippen LogP contribution in [0.5, 0.6) is 11.5 Å². The summed E-state index contributed by atoms with van der Waals surface area (Å²) in [6.07, 6.45) is 5.03. The smallest absolute Gasteiger partial charge is 0.228 e. The van der Waals surface area contributed by atoms with Crippen LogP contribution in [-0.2, 0) is 11.4 Å². The molecule has 1 fully saturated rings. The first-order valence-corrected chi connectivity index (χ1v) is 12.4. The maximum absolute atomic E-state index is 12.9. The van der Waals surface area contributed by atoms with Crippen molar-refractivity contribution in [2.45, 2.75) is 19.4 Å². The van der Waals surface area contributed by atoms with E-state index in [4.69, 9.17) is 21.1 Å². The molecule has 37 heavy (non-hydrogen) atoms. The number of nitrogens with zero attached hydrogens (tertiary/aromatic N) is 3. The topological polar surface area (TPSA) is 110 Å². The fraction of sp³-hybridized carbons (Fsp3) is 0.259. The van der Waals surface area contributed by atoms with Gasteiger partial charge in [0, 0.05) is 29.9 Å². The molecule has 0 spiro atoms. The van der Waals surface area contributed by atoms with Crippen LogP contribution in [0.15, 0.2) is 61.1 Å². The van der Waals surface area contributed by atoms with E-state index in [9.17, 15) is 4.79 Å². The van der Waals surface area contributed by atoms with E-state index < -0.39 is 0 Å². The lowest BCUT2D eigenvalue weighted by atomic mass is 9.98. The first-order chi connectivity index (χ1) is 18.1. The zero-order valence-electron chi connectivity index (χ0n) is 20.3. The van der Waals surface area contributed by atoms with Gasteiger partial charge < -0.3 is 25.4 Å². The summed E-state index contributed by atoms with van der Waals surface area (Å²) in [7, 11) is 1.57. The summed E-state index contributed by atoms with van der Waals surface area (Å²) in [5.74, 6) is 1.54. The summed E-state index contributed by atoms with van der Waals surface area (Å²) in [6, 6.07) is 14.7. The molecule has 10 heteroatoms. The molecule has 0 radical (unpaired) electrons. The van der Waals surface area contributed by atoms with Gasteiger partial charge in [0.15, 0.2) is 0 Å². The SMILES string of the molecule is COc1cc2ncnc(Nc3ccc(OCc4ccccn4)c(Cl)c3)c2cc1NC(=O)[C@H]1CCCNC1. The van der Waals surface area contributed by atoms with E-state index in [1.54, 1.807) is 31.5 Å². The van der Waals surface area contributed by atoms with E-state index in [0.717, 1.165) is 36.2 Å². The monoisotopic (exact) mass is 518 g/mol. The van der Waals surface area contributed by atoms with Crippen molar-refractivity contribution in [3.63, 3.8) is 0 Å². The number of methoxy groups -OCH3 is 1. The van der Waals surface area contributed by atoms with E-state index in [-0.39, 0.29) is 11.8 Å². The lowest BCUT2D eigenvalue weighted by molar-refractivity contribution is -0.120. The highest BCUT2D eigenvalue weighted by atomic mass is 35.5. The molecule has 1 saturated heterocycles. The second-order valence-electron chi connectivity index (χ2n) is 8.70. The Morgan fingerprint density at radius 2 is 2.05 bits per heavy atom. The van der Waals surface area contributed by atoms with Crippen LogP contribution >= 0.6 is 11.6 Å². The number of fused-ring (bicyclic) bond motifs is 1. The largest absolute Gasteiger partial charge is 0.494 e. The van der Waals surface area contributed by atoms with Crippen LogP contribution in [0, 0.1) is 5.92 Å². The minimum atomic E-state index is -0.0840. The number of nitrogens with one attached hydrogen (secondary N) is 3. The number of carbonyl (C=O) groups is 1. The second-order valence-corrected chi connectivity index (χ2v) is 9.11. The number of aromatic nitrogens is 3. The maximum atomic E-state index is 12.9. The maximum Gasteiger partial charge on any atom is 0.228 e.